The Morgan fingerprint density at radius 3 is 2.63 bits per heavy atom. The van der Waals surface area contributed by atoms with Crippen LogP contribution in [0.25, 0.3) is 0 Å². The van der Waals surface area contributed by atoms with Crippen LogP contribution < -0.4 is 24.8 Å². The van der Waals surface area contributed by atoms with Crippen molar-refractivity contribution in [3.63, 3.8) is 0 Å². The van der Waals surface area contributed by atoms with E-state index in [2.05, 4.69) is 29.4 Å². The van der Waals surface area contributed by atoms with Crippen LogP contribution in [-0.4, -0.2) is 49.4 Å². The highest BCUT2D eigenvalue weighted by Gasteiger charge is 2.51. The second-order valence-corrected chi connectivity index (χ2v) is 8.89. The maximum Gasteiger partial charge on any atom is 0.322 e. The number of carbonyl (C=O) groups excluding carboxylic acids is 2. The zero-order valence-corrected chi connectivity index (χ0v) is 18.0. The number of rotatable bonds is 7. The topological polar surface area (TPSA) is 89.1 Å². The van der Waals surface area contributed by atoms with Crippen molar-refractivity contribution in [1.29, 1.82) is 0 Å². The molecule has 3 heterocycles. The Kier molecular flexibility index (Phi) is 5.77. The van der Waals surface area contributed by atoms with Crippen molar-refractivity contribution in [3.8, 4) is 17.2 Å². The molecule has 3 aliphatic heterocycles. The summed E-state index contributed by atoms with van der Waals surface area (Å²) in [7, 11) is 1.63. The zero-order valence-electron chi connectivity index (χ0n) is 18.0. The number of urea groups is 1. The number of amides is 3. The number of benzene rings is 1. The van der Waals surface area contributed by atoms with Gasteiger partial charge in [0.25, 0.3) is 5.91 Å². The van der Waals surface area contributed by atoms with Crippen molar-refractivity contribution in [1.82, 2.24) is 15.5 Å². The van der Waals surface area contributed by atoms with Crippen LogP contribution in [0.4, 0.5) is 4.79 Å². The predicted molar refractivity (Wildman–Crippen MR) is 111 cm³/mol. The summed E-state index contributed by atoms with van der Waals surface area (Å²) in [5.41, 5.74) is 0.339. The van der Waals surface area contributed by atoms with Crippen molar-refractivity contribution < 1.29 is 23.8 Å². The first kappa shape index (κ1) is 20.8. The van der Waals surface area contributed by atoms with E-state index in [1.165, 1.54) is 0 Å². The number of piperidine rings is 1. The standard InChI is InChI=1S/C22H31N3O5/c1-14(2)4-7-22(20(26)23-21(27)24-22)16-5-8-25(9-6-16)12-15-10-17(28-3)19-18(11-15)29-13-30-19/h10-11,14,16H,4-9,12-13H2,1-3H3,(H2,23,24,26,27). The van der Waals surface area contributed by atoms with Crippen molar-refractivity contribution in [2.75, 3.05) is 27.0 Å². The third-order valence-corrected chi connectivity index (χ3v) is 6.49. The average Bonchev–Trinajstić information content (AvgIpc) is 3.30. The molecule has 0 aromatic heterocycles. The fourth-order valence-corrected chi connectivity index (χ4v) is 4.81. The van der Waals surface area contributed by atoms with Crippen molar-refractivity contribution in [3.05, 3.63) is 17.7 Å². The summed E-state index contributed by atoms with van der Waals surface area (Å²) in [5.74, 6) is 2.53. The molecule has 1 atom stereocenters. The lowest BCUT2D eigenvalue weighted by Crippen LogP contribution is -2.56. The minimum Gasteiger partial charge on any atom is -0.493 e. The van der Waals surface area contributed by atoms with Gasteiger partial charge in [-0.2, -0.15) is 0 Å². The third kappa shape index (κ3) is 3.93. The van der Waals surface area contributed by atoms with E-state index >= 15 is 0 Å². The Morgan fingerprint density at radius 2 is 2.00 bits per heavy atom. The summed E-state index contributed by atoms with van der Waals surface area (Å²) >= 11 is 0. The van der Waals surface area contributed by atoms with Crippen LogP contribution in [0.3, 0.4) is 0 Å². The molecule has 2 saturated heterocycles. The Bertz CT molecular complexity index is 819. The third-order valence-electron chi connectivity index (χ3n) is 6.49. The first-order valence-electron chi connectivity index (χ1n) is 10.7. The molecule has 2 fully saturated rings. The van der Waals surface area contributed by atoms with Crippen molar-refractivity contribution in [2.24, 2.45) is 11.8 Å². The first-order valence-corrected chi connectivity index (χ1v) is 10.7. The number of imide groups is 1. The molecule has 1 aromatic carbocycles. The Labute approximate surface area is 177 Å². The smallest absolute Gasteiger partial charge is 0.322 e. The number of fused-ring (bicyclic) bond motifs is 1. The molecule has 1 unspecified atom stereocenters. The lowest BCUT2D eigenvalue weighted by molar-refractivity contribution is -0.127. The Hall–Kier alpha value is -2.48. The number of hydrogen-bond acceptors (Lipinski definition) is 6. The highest BCUT2D eigenvalue weighted by atomic mass is 16.7. The molecular formula is C22H31N3O5. The van der Waals surface area contributed by atoms with E-state index in [4.69, 9.17) is 14.2 Å². The molecule has 0 aliphatic carbocycles. The number of carbonyl (C=O) groups is 2. The van der Waals surface area contributed by atoms with Crippen LogP contribution in [0.2, 0.25) is 0 Å². The zero-order chi connectivity index (χ0) is 21.3. The van der Waals surface area contributed by atoms with Gasteiger partial charge in [-0.25, -0.2) is 4.79 Å². The molecule has 30 heavy (non-hydrogen) atoms. The molecule has 0 radical (unpaired) electrons. The van der Waals surface area contributed by atoms with Gasteiger partial charge in [0.15, 0.2) is 11.5 Å². The molecule has 2 N–H and O–H groups in total. The first-order chi connectivity index (χ1) is 14.4. The number of methoxy groups -OCH3 is 1. The van der Waals surface area contributed by atoms with E-state index in [1.807, 2.05) is 12.1 Å². The van der Waals surface area contributed by atoms with Crippen LogP contribution in [0, 0.1) is 11.8 Å². The second kappa shape index (κ2) is 8.34. The van der Waals surface area contributed by atoms with E-state index in [-0.39, 0.29) is 24.6 Å². The molecule has 8 heteroatoms. The maximum absolute atomic E-state index is 12.7. The largest absolute Gasteiger partial charge is 0.493 e. The Morgan fingerprint density at radius 1 is 1.23 bits per heavy atom. The van der Waals surface area contributed by atoms with Crippen LogP contribution in [0.15, 0.2) is 12.1 Å². The molecule has 0 saturated carbocycles. The van der Waals surface area contributed by atoms with E-state index in [9.17, 15) is 9.59 Å². The molecule has 0 spiro atoms. The summed E-state index contributed by atoms with van der Waals surface area (Å²) in [6.07, 6.45) is 3.33. The van der Waals surface area contributed by atoms with Gasteiger partial charge in [-0.1, -0.05) is 13.8 Å². The monoisotopic (exact) mass is 417 g/mol. The van der Waals surface area contributed by atoms with Crippen LogP contribution >= 0.6 is 0 Å². The van der Waals surface area contributed by atoms with Gasteiger partial charge in [-0.05, 0) is 68.3 Å². The predicted octanol–water partition coefficient (Wildman–Crippen LogP) is 2.65. The normalized spacial score (nSPS) is 24.3. The Balaban J connectivity index is 1.42. The van der Waals surface area contributed by atoms with Gasteiger partial charge in [0.1, 0.15) is 5.54 Å². The minimum absolute atomic E-state index is 0.144. The van der Waals surface area contributed by atoms with Crippen molar-refractivity contribution in [2.45, 2.75) is 51.6 Å². The maximum atomic E-state index is 12.7. The summed E-state index contributed by atoms with van der Waals surface area (Å²) in [5, 5.41) is 5.46. The quantitative estimate of drug-likeness (QED) is 0.663. The van der Waals surface area contributed by atoms with E-state index in [0.29, 0.717) is 23.8 Å². The van der Waals surface area contributed by atoms with Crippen LogP contribution in [0.1, 0.15) is 45.1 Å². The number of nitrogens with zero attached hydrogens (tertiary/aromatic N) is 1. The molecule has 0 bridgehead atoms. The fraction of sp³-hybridized carbons (Fsp3) is 0.636. The highest BCUT2D eigenvalue weighted by molar-refractivity contribution is 6.07. The molecule has 4 rings (SSSR count). The lowest BCUT2D eigenvalue weighted by atomic mass is 9.74. The summed E-state index contributed by atoms with van der Waals surface area (Å²) in [6.45, 7) is 7.02. The van der Waals surface area contributed by atoms with Gasteiger partial charge in [0, 0.05) is 6.54 Å². The van der Waals surface area contributed by atoms with Gasteiger partial charge < -0.3 is 19.5 Å². The molecule has 3 aliphatic rings. The second-order valence-electron chi connectivity index (χ2n) is 8.89. The van der Waals surface area contributed by atoms with E-state index in [0.717, 1.165) is 50.2 Å². The molecule has 1 aromatic rings. The molecule has 3 amide bonds. The van der Waals surface area contributed by atoms with Gasteiger partial charge in [0.2, 0.25) is 12.5 Å². The minimum atomic E-state index is -0.768. The van der Waals surface area contributed by atoms with Gasteiger partial charge in [-0.3, -0.25) is 15.0 Å². The van der Waals surface area contributed by atoms with Crippen LogP contribution in [-0.2, 0) is 11.3 Å². The fourth-order valence-electron chi connectivity index (χ4n) is 4.81. The summed E-state index contributed by atoms with van der Waals surface area (Å²) < 4.78 is 16.4. The number of nitrogens with one attached hydrogen (secondary N) is 2. The number of ether oxygens (including phenoxy) is 3. The summed E-state index contributed by atoms with van der Waals surface area (Å²) in [4.78, 5) is 27.0. The average molecular weight is 418 g/mol. The molecule has 164 valence electrons. The van der Waals surface area contributed by atoms with E-state index < -0.39 is 5.54 Å². The lowest BCUT2D eigenvalue weighted by Gasteiger charge is -2.41. The van der Waals surface area contributed by atoms with Gasteiger partial charge in [-0.15, -0.1) is 0 Å². The summed E-state index contributed by atoms with van der Waals surface area (Å²) in [6, 6.07) is 3.64. The molecular weight excluding hydrogens is 386 g/mol. The van der Waals surface area contributed by atoms with Crippen LogP contribution in [0.5, 0.6) is 17.2 Å². The van der Waals surface area contributed by atoms with E-state index in [1.54, 1.807) is 7.11 Å². The number of hydrogen-bond donors (Lipinski definition) is 2. The molecule has 8 nitrogen and oxygen atoms in total. The van der Waals surface area contributed by atoms with Gasteiger partial charge in [0.05, 0.1) is 7.11 Å². The number of likely N-dealkylation sites (tertiary alicyclic amines) is 1. The van der Waals surface area contributed by atoms with Crippen molar-refractivity contribution >= 4 is 11.9 Å². The van der Waals surface area contributed by atoms with Gasteiger partial charge >= 0.3 is 6.03 Å². The SMILES string of the molecule is COc1cc(CN2CCC(C3(CCC(C)C)NC(=O)NC3=O)CC2)cc2c1OCO2. The highest BCUT2D eigenvalue weighted by Crippen LogP contribution is 2.42.